The Kier molecular flexibility index (Phi) is 20.0. The lowest BCUT2D eigenvalue weighted by atomic mass is 9.87. The van der Waals surface area contributed by atoms with E-state index in [4.69, 9.17) is 14.2 Å². The summed E-state index contributed by atoms with van der Waals surface area (Å²) < 4.78 is 17.4. The van der Waals surface area contributed by atoms with Crippen LogP contribution in [0.5, 0.6) is 0 Å². The molecule has 0 bridgehead atoms. The van der Waals surface area contributed by atoms with Gasteiger partial charge in [0.05, 0.1) is 16.6 Å². The van der Waals surface area contributed by atoms with E-state index in [2.05, 4.69) is 39.4 Å². The Morgan fingerprint density at radius 2 is 1.26 bits per heavy atom. The Morgan fingerprint density at radius 3 is 1.71 bits per heavy atom. The van der Waals surface area contributed by atoms with Crippen molar-refractivity contribution in [2.75, 3.05) is 45.4 Å². The molecule has 0 fully saturated rings. The largest absolute Gasteiger partial charge is 0.488 e. The van der Waals surface area contributed by atoms with Gasteiger partial charge in [-0.05, 0) is 85.5 Å². The second kappa shape index (κ2) is 20.7. The predicted octanol–water partition coefficient (Wildman–Crippen LogP) is 7.65. The summed E-state index contributed by atoms with van der Waals surface area (Å²) in [6.45, 7) is 17.3. The molecule has 0 aliphatic carbocycles. The summed E-state index contributed by atoms with van der Waals surface area (Å²) in [4.78, 5) is 27.8. The summed E-state index contributed by atoms with van der Waals surface area (Å²) in [5.41, 5.74) is -1.11. The molecule has 0 aliphatic heterocycles. The molecule has 0 saturated heterocycles. The maximum atomic E-state index is 12.8. The highest BCUT2D eigenvalue weighted by atomic mass is 32.2. The Labute approximate surface area is 239 Å². The van der Waals surface area contributed by atoms with Gasteiger partial charge in [0.1, 0.15) is 13.2 Å². The second-order valence-electron chi connectivity index (χ2n) is 12.0. The minimum absolute atomic E-state index is 0.0396. The SMILES string of the molecule is C=C(CCCSCCCN(C)C)OC(COC(=O)C(C)(C)CCCCC)COC(=O)C(C)(C)CCCCC. The quantitative estimate of drug-likeness (QED) is 0.0686. The number of allylic oxidation sites excluding steroid dienone is 1. The number of hydrogen-bond donors (Lipinski definition) is 0. The van der Waals surface area contributed by atoms with Crippen LogP contribution >= 0.6 is 11.8 Å². The van der Waals surface area contributed by atoms with Gasteiger partial charge in [-0.1, -0.05) is 59.0 Å². The maximum absolute atomic E-state index is 12.8. The highest BCUT2D eigenvalue weighted by Crippen LogP contribution is 2.27. The van der Waals surface area contributed by atoms with Crippen LogP contribution in [-0.2, 0) is 23.8 Å². The van der Waals surface area contributed by atoms with Crippen LogP contribution in [0.4, 0.5) is 0 Å². The summed E-state index contributed by atoms with van der Waals surface area (Å²) in [7, 11) is 4.19. The first-order chi connectivity index (χ1) is 17.9. The first kappa shape index (κ1) is 36.8. The van der Waals surface area contributed by atoms with E-state index in [0.717, 1.165) is 82.3 Å². The fraction of sp³-hybridized carbons (Fsp3) is 0.871. The zero-order chi connectivity index (χ0) is 29.0. The van der Waals surface area contributed by atoms with Crippen molar-refractivity contribution in [3.63, 3.8) is 0 Å². The van der Waals surface area contributed by atoms with Crippen molar-refractivity contribution in [2.45, 2.75) is 118 Å². The molecule has 0 unspecified atom stereocenters. The number of nitrogens with zero attached hydrogens (tertiary/aromatic N) is 1. The second-order valence-corrected chi connectivity index (χ2v) is 13.3. The molecule has 0 aromatic carbocycles. The minimum atomic E-state index is -0.568. The Balaban J connectivity index is 4.89. The van der Waals surface area contributed by atoms with Crippen LogP contribution in [0, 0.1) is 10.8 Å². The molecule has 0 aromatic rings. The van der Waals surface area contributed by atoms with Gasteiger partial charge in [0.15, 0.2) is 6.10 Å². The number of esters is 2. The number of rotatable bonds is 24. The van der Waals surface area contributed by atoms with Crippen molar-refractivity contribution in [2.24, 2.45) is 10.8 Å². The molecule has 0 amide bonds. The molecule has 0 rings (SSSR count). The molecular formula is C31H59NO5S. The third-order valence-electron chi connectivity index (χ3n) is 6.69. The van der Waals surface area contributed by atoms with Crippen LogP contribution < -0.4 is 0 Å². The van der Waals surface area contributed by atoms with Gasteiger partial charge >= 0.3 is 11.9 Å². The molecule has 0 heterocycles. The highest BCUT2D eigenvalue weighted by Gasteiger charge is 2.32. The van der Waals surface area contributed by atoms with Crippen molar-refractivity contribution in [3.8, 4) is 0 Å². The number of hydrogen-bond acceptors (Lipinski definition) is 7. The van der Waals surface area contributed by atoms with Crippen LogP contribution in [0.3, 0.4) is 0 Å². The Bertz CT molecular complexity index is 625. The van der Waals surface area contributed by atoms with Gasteiger partial charge in [-0.25, -0.2) is 0 Å². The minimum Gasteiger partial charge on any atom is -0.488 e. The molecule has 6 nitrogen and oxygen atoms in total. The molecule has 0 N–H and O–H groups in total. The first-order valence-electron chi connectivity index (χ1n) is 14.8. The molecule has 0 radical (unpaired) electrons. The van der Waals surface area contributed by atoms with E-state index in [1.54, 1.807) is 0 Å². The van der Waals surface area contributed by atoms with Crippen molar-refractivity contribution in [1.82, 2.24) is 4.90 Å². The van der Waals surface area contributed by atoms with Crippen LogP contribution in [0.25, 0.3) is 0 Å². The summed E-state index contributed by atoms with van der Waals surface area (Å²) in [6, 6.07) is 0. The van der Waals surface area contributed by atoms with E-state index in [0.29, 0.717) is 5.76 Å². The third kappa shape index (κ3) is 18.1. The monoisotopic (exact) mass is 557 g/mol. The third-order valence-corrected chi connectivity index (χ3v) is 7.84. The van der Waals surface area contributed by atoms with Crippen molar-refractivity contribution in [1.29, 1.82) is 0 Å². The van der Waals surface area contributed by atoms with E-state index in [9.17, 15) is 9.59 Å². The molecule has 38 heavy (non-hydrogen) atoms. The maximum Gasteiger partial charge on any atom is 0.311 e. The van der Waals surface area contributed by atoms with Gasteiger partial charge < -0.3 is 19.1 Å². The zero-order valence-electron chi connectivity index (χ0n) is 26.0. The fourth-order valence-corrected chi connectivity index (χ4v) is 4.82. The van der Waals surface area contributed by atoms with Gasteiger partial charge in [0.2, 0.25) is 0 Å². The summed E-state index contributed by atoms with van der Waals surface area (Å²) in [5, 5.41) is 0. The molecule has 0 aliphatic rings. The van der Waals surface area contributed by atoms with E-state index in [1.807, 2.05) is 39.5 Å². The van der Waals surface area contributed by atoms with Gasteiger partial charge in [-0.3, -0.25) is 9.59 Å². The topological polar surface area (TPSA) is 65.1 Å². The summed E-state index contributed by atoms with van der Waals surface area (Å²) >= 11 is 1.94. The van der Waals surface area contributed by atoms with Crippen LogP contribution in [0.2, 0.25) is 0 Å². The number of unbranched alkanes of at least 4 members (excludes halogenated alkanes) is 4. The molecule has 0 spiro atoms. The van der Waals surface area contributed by atoms with Crippen molar-refractivity contribution in [3.05, 3.63) is 12.3 Å². The number of ether oxygens (including phenoxy) is 3. The van der Waals surface area contributed by atoms with Crippen molar-refractivity contribution < 1.29 is 23.8 Å². The van der Waals surface area contributed by atoms with Crippen LogP contribution in [0.15, 0.2) is 12.3 Å². The standard InChI is InChI=1S/C31H59NO5S/c1-10-12-14-19-30(4,5)28(33)35-24-27(25-36-29(34)31(6,7)20-15-13-11-2)37-26(3)18-16-22-38-23-17-21-32(8)9/h27H,3,10-25H2,1-2,4-9H3. The molecule has 224 valence electrons. The average Bonchev–Trinajstić information content (AvgIpc) is 2.84. The smallest absolute Gasteiger partial charge is 0.311 e. The number of carbonyl (C=O) groups excluding carboxylic acids is 2. The van der Waals surface area contributed by atoms with Crippen molar-refractivity contribution >= 4 is 23.7 Å². The average molecular weight is 558 g/mol. The summed E-state index contributed by atoms with van der Waals surface area (Å²) in [6.07, 6.45) is 10.3. The van der Waals surface area contributed by atoms with Gasteiger partial charge in [0, 0.05) is 6.42 Å². The van der Waals surface area contributed by atoms with Gasteiger partial charge in [0.25, 0.3) is 0 Å². The van der Waals surface area contributed by atoms with E-state index < -0.39 is 16.9 Å². The van der Waals surface area contributed by atoms with Gasteiger partial charge in [-0.15, -0.1) is 0 Å². The molecule has 7 heteroatoms. The molecule has 0 aromatic heterocycles. The lowest BCUT2D eigenvalue weighted by Gasteiger charge is -2.27. The zero-order valence-corrected chi connectivity index (χ0v) is 26.8. The summed E-state index contributed by atoms with van der Waals surface area (Å²) in [5.74, 6) is 2.34. The lowest BCUT2D eigenvalue weighted by molar-refractivity contribution is -0.164. The molecule has 0 atom stereocenters. The molecule has 0 saturated carbocycles. The first-order valence-corrected chi connectivity index (χ1v) is 15.9. The van der Waals surface area contributed by atoms with Crippen LogP contribution in [-0.4, -0.2) is 68.3 Å². The predicted molar refractivity (Wildman–Crippen MR) is 162 cm³/mol. The van der Waals surface area contributed by atoms with Gasteiger partial charge in [-0.2, -0.15) is 11.8 Å². The fourth-order valence-electron chi connectivity index (χ4n) is 3.93. The lowest BCUT2D eigenvalue weighted by Crippen LogP contribution is -2.35. The normalized spacial score (nSPS) is 12.2. The van der Waals surface area contributed by atoms with E-state index >= 15 is 0 Å². The molecular weight excluding hydrogens is 498 g/mol. The van der Waals surface area contributed by atoms with Crippen LogP contribution in [0.1, 0.15) is 112 Å². The van der Waals surface area contributed by atoms with E-state index in [1.165, 1.54) is 6.42 Å². The number of thioether (sulfide) groups is 1. The highest BCUT2D eigenvalue weighted by molar-refractivity contribution is 7.99. The Hall–Kier alpha value is -1.21. The Morgan fingerprint density at radius 1 is 0.789 bits per heavy atom. The number of carbonyl (C=O) groups is 2. The van der Waals surface area contributed by atoms with E-state index in [-0.39, 0.29) is 25.2 Å².